The highest BCUT2D eigenvalue weighted by Gasteiger charge is 2.17. The largest absolute Gasteiger partial charge is 0.304 e. The fourth-order valence-electron chi connectivity index (χ4n) is 1.98. The van der Waals surface area contributed by atoms with Crippen molar-refractivity contribution in [2.24, 2.45) is 0 Å². The number of piperazine rings is 1. The second-order valence-electron chi connectivity index (χ2n) is 4.64. The third-order valence-electron chi connectivity index (χ3n) is 3.28. The van der Waals surface area contributed by atoms with Crippen LogP contribution in [0, 0.1) is 6.92 Å². The van der Waals surface area contributed by atoms with Gasteiger partial charge in [-0.15, -0.1) is 0 Å². The van der Waals surface area contributed by atoms with Crippen molar-refractivity contribution < 1.29 is 4.79 Å². The number of carbonyl (C=O) groups is 1. The highest BCUT2D eigenvalue weighted by molar-refractivity contribution is 9.10. The van der Waals surface area contributed by atoms with Crippen LogP contribution in [0.3, 0.4) is 0 Å². The summed E-state index contributed by atoms with van der Waals surface area (Å²) in [6.07, 6.45) is 0. The van der Waals surface area contributed by atoms with Crippen LogP contribution in [-0.2, 0) is 0 Å². The van der Waals surface area contributed by atoms with Crippen molar-refractivity contribution in [1.29, 1.82) is 0 Å². The Morgan fingerprint density at radius 1 is 1.28 bits per heavy atom. The molecular formula is C13H18BrN3O. The molecule has 4 nitrogen and oxygen atoms in total. The number of amides is 1. The van der Waals surface area contributed by atoms with Crippen LogP contribution < -0.4 is 5.43 Å². The van der Waals surface area contributed by atoms with Crippen molar-refractivity contribution in [2.45, 2.75) is 6.92 Å². The van der Waals surface area contributed by atoms with Gasteiger partial charge in [0.25, 0.3) is 5.91 Å². The van der Waals surface area contributed by atoms with Gasteiger partial charge in [-0.25, -0.2) is 5.01 Å². The Morgan fingerprint density at radius 3 is 2.61 bits per heavy atom. The van der Waals surface area contributed by atoms with Gasteiger partial charge in [0.2, 0.25) is 0 Å². The van der Waals surface area contributed by atoms with E-state index >= 15 is 0 Å². The second-order valence-corrected chi connectivity index (χ2v) is 5.50. The minimum atomic E-state index is -0.0293. The molecule has 1 heterocycles. The minimum Gasteiger partial charge on any atom is -0.304 e. The molecule has 1 N–H and O–H groups in total. The van der Waals surface area contributed by atoms with E-state index in [9.17, 15) is 4.79 Å². The molecule has 1 aromatic carbocycles. The van der Waals surface area contributed by atoms with E-state index in [0.717, 1.165) is 41.8 Å². The molecule has 1 fully saturated rings. The molecule has 0 bridgehead atoms. The lowest BCUT2D eigenvalue weighted by Gasteiger charge is -2.32. The van der Waals surface area contributed by atoms with Crippen molar-refractivity contribution in [3.63, 3.8) is 0 Å². The molecule has 5 heteroatoms. The van der Waals surface area contributed by atoms with Crippen LogP contribution in [0.25, 0.3) is 0 Å². The normalized spacial score (nSPS) is 17.7. The molecule has 0 spiro atoms. The Morgan fingerprint density at radius 2 is 1.94 bits per heavy atom. The number of halogens is 1. The lowest BCUT2D eigenvalue weighted by Crippen LogP contribution is -2.52. The maximum atomic E-state index is 12.2. The van der Waals surface area contributed by atoms with Crippen molar-refractivity contribution in [3.8, 4) is 0 Å². The lowest BCUT2D eigenvalue weighted by atomic mass is 10.1. The van der Waals surface area contributed by atoms with E-state index in [1.807, 2.05) is 30.1 Å². The van der Waals surface area contributed by atoms with E-state index in [4.69, 9.17) is 0 Å². The maximum Gasteiger partial charge on any atom is 0.265 e. The summed E-state index contributed by atoms with van der Waals surface area (Å²) in [4.78, 5) is 14.4. The SMILES string of the molecule is Cc1c(Br)cccc1C(=O)NN1CCN(C)CC1. The quantitative estimate of drug-likeness (QED) is 0.902. The number of benzene rings is 1. The van der Waals surface area contributed by atoms with E-state index in [1.165, 1.54) is 0 Å². The van der Waals surface area contributed by atoms with Gasteiger partial charge in [0, 0.05) is 36.2 Å². The third kappa shape index (κ3) is 3.10. The zero-order chi connectivity index (χ0) is 13.1. The smallest absolute Gasteiger partial charge is 0.265 e. The van der Waals surface area contributed by atoms with E-state index in [1.54, 1.807) is 0 Å². The van der Waals surface area contributed by atoms with Gasteiger partial charge in [-0.2, -0.15) is 0 Å². The molecule has 0 aromatic heterocycles. The summed E-state index contributed by atoms with van der Waals surface area (Å²) in [5.74, 6) is -0.0293. The molecule has 18 heavy (non-hydrogen) atoms. The van der Waals surface area contributed by atoms with Crippen LogP contribution in [0.1, 0.15) is 15.9 Å². The molecular weight excluding hydrogens is 294 g/mol. The predicted octanol–water partition coefficient (Wildman–Crippen LogP) is 1.65. The molecule has 1 aliphatic rings. The monoisotopic (exact) mass is 311 g/mol. The highest BCUT2D eigenvalue weighted by Crippen LogP contribution is 2.19. The first-order valence-corrected chi connectivity index (χ1v) is 6.87. The summed E-state index contributed by atoms with van der Waals surface area (Å²) in [6.45, 7) is 5.66. The number of likely N-dealkylation sites (N-methyl/N-ethyl adjacent to an activating group) is 1. The van der Waals surface area contributed by atoms with Crippen molar-refractivity contribution in [3.05, 3.63) is 33.8 Å². The molecule has 98 valence electrons. The number of hydrazine groups is 1. The average molecular weight is 312 g/mol. The van der Waals surface area contributed by atoms with Crippen LogP contribution in [0.4, 0.5) is 0 Å². The summed E-state index contributed by atoms with van der Waals surface area (Å²) in [6, 6.07) is 5.68. The van der Waals surface area contributed by atoms with Gasteiger partial charge in [-0.3, -0.25) is 10.2 Å². The van der Waals surface area contributed by atoms with Crippen LogP contribution in [0.5, 0.6) is 0 Å². The van der Waals surface area contributed by atoms with Crippen LogP contribution in [0.2, 0.25) is 0 Å². The topological polar surface area (TPSA) is 35.6 Å². The van der Waals surface area contributed by atoms with Crippen LogP contribution >= 0.6 is 15.9 Å². The maximum absolute atomic E-state index is 12.2. The summed E-state index contributed by atoms with van der Waals surface area (Å²) >= 11 is 3.45. The summed E-state index contributed by atoms with van der Waals surface area (Å²) in [5, 5.41) is 1.99. The summed E-state index contributed by atoms with van der Waals surface area (Å²) in [7, 11) is 2.09. The Balaban J connectivity index is 2.01. The molecule has 0 radical (unpaired) electrons. The van der Waals surface area contributed by atoms with Gasteiger partial charge in [0.15, 0.2) is 0 Å². The van der Waals surface area contributed by atoms with Gasteiger partial charge in [0.1, 0.15) is 0 Å². The molecule has 0 aliphatic carbocycles. The van der Waals surface area contributed by atoms with Gasteiger partial charge in [-0.05, 0) is 31.7 Å². The average Bonchev–Trinajstić information content (AvgIpc) is 2.35. The number of nitrogens with zero attached hydrogens (tertiary/aromatic N) is 2. The second kappa shape index (κ2) is 5.82. The third-order valence-corrected chi connectivity index (χ3v) is 4.13. The number of hydrogen-bond acceptors (Lipinski definition) is 3. The van der Waals surface area contributed by atoms with E-state index in [-0.39, 0.29) is 5.91 Å². The molecule has 0 unspecified atom stereocenters. The predicted molar refractivity (Wildman–Crippen MR) is 75.4 cm³/mol. The van der Waals surface area contributed by atoms with Crippen LogP contribution in [0.15, 0.2) is 22.7 Å². The first-order chi connectivity index (χ1) is 8.58. The number of rotatable bonds is 2. The summed E-state index contributed by atoms with van der Waals surface area (Å²) in [5.41, 5.74) is 4.67. The van der Waals surface area contributed by atoms with E-state index in [0.29, 0.717) is 0 Å². The molecule has 1 aliphatic heterocycles. The van der Waals surface area contributed by atoms with Gasteiger partial charge < -0.3 is 4.90 Å². The molecule has 1 amide bonds. The van der Waals surface area contributed by atoms with Crippen molar-refractivity contribution >= 4 is 21.8 Å². The Labute approximate surface area is 116 Å². The lowest BCUT2D eigenvalue weighted by molar-refractivity contribution is 0.0662. The standard InChI is InChI=1S/C13H18BrN3O/c1-10-11(4-3-5-12(10)14)13(18)15-17-8-6-16(2)7-9-17/h3-5H,6-9H2,1-2H3,(H,15,18). The first kappa shape index (κ1) is 13.5. The Hall–Kier alpha value is -0.910. The van der Waals surface area contributed by atoms with E-state index in [2.05, 4.69) is 33.3 Å². The number of nitrogens with one attached hydrogen (secondary N) is 1. The fraction of sp³-hybridized carbons (Fsp3) is 0.462. The van der Waals surface area contributed by atoms with Crippen molar-refractivity contribution in [2.75, 3.05) is 33.2 Å². The Kier molecular flexibility index (Phi) is 4.37. The zero-order valence-electron chi connectivity index (χ0n) is 10.7. The van der Waals surface area contributed by atoms with Crippen molar-refractivity contribution in [1.82, 2.24) is 15.3 Å². The molecule has 0 saturated carbocycles. The highest BCUT2D eigenvalue weighted by atomic mass is 79.9. The number of hydrogen-bond donors (Lipinski definition) is 1. The van der Waals surface area contributed by atoms with Gasteiger partial charge in [0.05, 0.1) is 0 Å². The fourth-order valence-corrected chi connectivity index (χ4v) is 2.34. The Bertz CT molecular complexity index is 442. The zero-order valence-corrected chi connectivity index (χ0v) is 12.3. The molecule has 2 rings (SSSR count). The van der Waals surface area contributed by atoms with Crippen LogP contribution in [-0.4, -0.2) is 49.0 Å². The molecule has 1 saturated heterocycles. The molecule has 0 atom stereocenters. The van der Waals surface area contributed by atoms with E-state index < -0.39 is 0 Å². The number of carbonyl (C=O) groups excluding carboxylic acids is 1. The molecule has 1 aromatic rings. The minimum absolute atomic E-state index is 0.0293. The first-order valence-electron chi connectivity index (χ1n) is 6.07. The van der Waals surface area contributed by atoms with Gasteiger partial charge >= 0.3 is 0 Å². The van der Waals surface area contributed by atoms with Gasteiger partial charge in [-0.1, -0.05) is 22.0 Å². The summed E-state index contributed by atoms with van der Waals surface area (Å²) < 4.78 is 0.966.